The highest BCUT2D eigenvalue weighted by Crippen LogP contribution is 2.40. The van der Waals surface area contributed by atoms with Gasteiger partial charge >= 0.3 is 0 Å². The van der Waals surface area contributed by atoms with E-state index in [0.717, 1.165) is 18.3 Å². The van der Waals surface area contributed by atoms with Gasteiger partial charge in [-0.05, 0) is 18.3 Å². The molecule has 2 rings (SSSR count). The third-order valence-corrected chi connectivity index (χ3v) is 4.32. The van der Waals surface area contributed by atoms with Crippen LogP contribution in [0.1, 0.15) is 44.8 Å². The highest BCUT2D eigenvalue weighted by Gasteiger charge is 2.37. The Morgan fingerprint density at radius 1 is 1.56 bits per heavy atom. The number of thiazole rings is 1. The van der Waals surface area contributed by atoms with E-state index in [1.165, 1.54) is 17.1 Å². The van der Waals surface area contributed by atoms with Crippen molar-refractivity contribution >= 4 is 11.3 Å². The van der Waals surface area contributed by atoms with Gasteiger partial charge < -0.3 is 5.73 Å². The Kier molecular flexibility index (Phi) is 3.10. The fourth-order valence-corrected chi connectivity index (χ4v) is 3.14. The fourth-order valence-electron chi connectivity index (χ4n) is 2.05. The molecule has 0 spiro atoms. The van der Waals surface area contributed by atoms with Crippen molar-refractivity contribution in [3.8, 4) is 0 Å². The monoisotopic (exact) mass is 238 g/mol. The molecule has 1 aliphatic carbocycles. The van der Waals surface area contributed by atoms with Gasteiger partial charge in [0.15, 0.2) is 0 Å². The second-order valence-corrected chi connectivity index (χ2v) is 7.06. The van der Waals surface area contributed by atoms with Crippen molar-refractivity contribution in [3.63, 3.8) is 0 Å². The van der Waals surface area contributed by atoms with Crippen LogP contribution >= 0.6 is 11.3 Å². The Balaban J connectivity index is 1.97. The van der Waals surface area contributed by atoms with Gasteiger partial charge in [-0.25, -0.2) is 4.98 Å². The summed E-state index contributed by atoms with van der Waals surface area (Å²) in [7, 11) is 0. The van der Waals surface area contributed by atoms with Gasteiger partial charge in [-0.1, -0.05) is 27.7 Å². The first-order chi connectivity index (χ1) is 7.38. The van der Waals surface area contributed by atoms with Gasteiger partial charge in [-0.2, -0.15) is 0 Å². The van der Waals surface area contributed by atoms with Crippen LogP contribution in [0.5, 0.6) is 0 Å². The van der Waals surface area contributed by atoms with E-state index < -0.39 is 0 Å². The third-order valence-electron chi connectivity index (χ3n) is 3.45. The van der Waals surface area contributed by atoms with Gasteiger partial charge in [0.1, 0.15) is 0 Å². The normalized spacial score (nSPS) is 26.8. The minimum Gasteiger partial charge on any atom is -0.327 e. The van der Waals surface area contributed by atoms with E-state index in [0.29, 0.717) is 6.04 Å². The summed E-state index contributed by atoms with van der Waals surface area (Å²) in [6.07, 6.45) is 2.26. The van der Waals surface area contributed by atoms with Crippen LogP contribution in [0.4, 0.5) is 0 Å². The zero-order valence-electron chi connectivity index (χ0n) is 10.7. The van der Waals surface area contributed by atoms with Crippen LogP contribution in [0, 0.1) is 11.8 Å². The van der Waals surface area contributed by atoms with Crippen molar-refractivity contribution in [2.45, 2.75) is 52.0 Å². The smallest absolute Gasteiger partial charge is 0.0944 e. The first kappa shape index (κ1) is 12.1. The molecule has 0 aromatic carbocycles. The van der Waals surface area contributed by atoms with E-state index in [1.54, 1.807) is 11.3 Å². The molecule has 0 radical (unpaired) electrons. The fraction of sp³-hybridized carbons (Fsp3) is 0.769. The number of hydrogen-bond donors (Lipinski definition) is 1. The van der Waals surface area contributed by atoms with E-state index >= 15 is 0 Å². The lowest BCUT2D eigenvalue weighted by atomic mass is 9.93. The van der Waals surface area contributed by atoms with Crippen LogP contribution in [0.25, 0.3) is 0 Å². The molecule has 1 heterocycles. The maximum absolute atomic E-state index is 6.19. The van der Waals surface area contributed by atoms with E-state index in [9.17, 15) is 0 Å². The first-order valence-electron chi connectivity index (χ1n) is 6.08. The minimum atomic E-state index is 0.158. The lowest BCUT2D eigenvalue weighted by molar-refractivity contribution is 0.547. The predicted molar refractivity (Wildman–Crippen MR) is 69.8 cm³/mol. The van der Waals surface area contributed by atoms with Crippen molar-refractivity contribution in [3.05, 3.63) is 16.1 Å². The molecular formula is C13H22N2S. The summed E-state index contributed by atoms with van der Waals surface area (Å²) >= 11 is 1.76. The van der Waals surface area contributed by atoms with Gasteiger partial charge in [0.2, 0.25) is 0 Å². The Labute approximate surface area is 102 Å². The predicted octanol–water partition coefficient (Wildman–Crippen LogP) is 2.97. The van der Waals surface area contributed by atoms with Crippen LogP contribution < -0.4 is 5.73 Å². The lowest BCUT2D eigenvalue weighted by Crippen LogP contribution is -2.26. The summed E-state index contributed by atoms with van der Waals surface area (Å²) < 4.78 is 0. The topological polar surface area (TPSA) is 38.9 Å². The summed E-state index contributed by atoms with van der Waals surface area (Å²) in [6, 6.07) is 0.314. The van der Waals surface area contributed by atoms with Crippen LogP contribution in [0.2, 0.25) is 0 Å². The molecule has 0 aliphatic heterocycles. The van der Waals surface area contributed by atoms with Gasteiger partial charge in [-0.15, -0.1) is 11.3 Å². The molecule has 2 nitrogen and oxygen atoms in total. The molecule has 0 amide bonds. The van der Waals surface area contributed by atoms with Crippen molar-refractivity contribution in [1.29, 1.82) is 0 Å². The third kappa shape index (κ3) is 2.64. The number of aromatic nitrogens is 1. The first-order valence-corrected chi connectivity index (χ1v) is 6.96. The number of hydrogen-bond acceptors (Lipinski definition) is 3. The summed E-state index contributed by atoms with van der Waals surface area (Å²) in [5.41, 5.74) is 7.54. The van der Waals surface area contributed by atoms with Crippen molar-refractivity contribution in [2.75, 3.05) is 0 Å². The molecule has 0 bridgehead atoms. The second-order valence-electron chi connectivity index (χ2n) is 6.12. The largest absolute Gasteiger partial charge is 0.327 e. The summed E-state index contributed by atoms with van der Waals surface area (Å²) in [6.45, 7) is 8.89. The molecule has 0 saturated heterocycles. The van der Waals surface area contributed by atoms with E-state index in [-0.39, 0.29) is 5.41 Å². The Hall–Kier alpha value is -0.410. The molecular weight excluding hydrogens is 216 g/mol. The quantitative estimate of drug-likeness (QED) is 0.879. The minimum absolute atomic E-state index is 0.158. The molecule has 3 atom stereocenters. The molecule has 3 unspecified atom stereocenters. The molecule has 3 heteroatoms. The number of nitrogens with two attached hydrogens (primary N) is 1. The molecule has 1 fully saturated rings. The Morgan fingerprint density at radius 2 is 2.19 bits per heavy atom. The van der Waals surface area contributed by atoms with E-state index in [1.807, 2.05) is 0 Å². The van der Waals surface area contributed by atoms with E-state index in [2.05, 4.69) is 33.1 Å². The maximum Gasteiger partial charge on any atom is 0.0944 e. The van der Waals surface area contributed by atoms with E-state index in [4.69, 9.17) is 10.7 Å². The zero-order valence-corrected chi connectivity index (χ0v) is 11.5. The highest BCUT2D eigenvalue weighted by atomic mass is 32.1. The summed E-state index contributed by atoms with van der Waals surface area (Å²) in [4.78, 5) is 4.70. The second kappa shape index (κ2) is 4.11. The number of rotatable bonds is 3. The standard InChI is InChI=1S/C13H22N2S/c1-8-5-9(8)10(14)6-12-15-11(7-16-12)13(2,3)4/h7-10H,5-6,14H2,1-4H3. The average Bonchev–Trinajstić information content (AvgIpc) is 2.71. The van der Waals surface area contributed by atoms with Crippen LogP contribution in [-0.4, -0.2) is 11.0 Å². The molecule has 1 saturated carbocycles. The zero-order chi connectivity index (χ0) is 11.9. The van der Waals surface area contributed by atoms with Gasteiger partial charge in [0.25, 0.3) is 0 Å². The molecule has 1 aromatic rings. The lowest BCUT2D eigenvalue weighted by Gasteiger charge is -2.14. The maximum atomic E-state index is 6.19. The molecule has 1 aliphatic rings. The SMILES string of the molecule is CC1CC1C(N)Cc1nc(C(C)(C)C)cs1. The number of nitrogens with zero attached hydrogens (tertiary/aromatic N) is 1. The molecule has 16 heavy (non-hydrogen) atoms. The molecule has 2 N–H and O–H groups in total. The average molecular weight is 238 g/mol. The Bertz CT molecular complexity index is 364. The summed E-state index contributed by atoms with van der Waals surface area (Å²) in [5, 5.41) is 3.38. The van der Waals surface area contributed by atoms with Crippen molar-refractivity contribution in [2.24, 2.45) is 17.6 Å². The van der Waals surface area contributed by atoms with Gasteiger partial charge in [0, 0.05) is 23.3 Å². The molecule has 1 aromatic heterocycles. The van der Waals surface area contributed by atoms with Crippen molar-refractivity contribution in [1.82, 2.24) is 4.98 Å². The van der Waals surface area contributed by atoms with Crippen molar-refractivity contribution < 1.29 is 0 Å². The van der Waals surface area contributed by atoms with Crippen LogP contribution in [0.3, 0.4) is 0 Å². The molecule has 90 valence electrons. The van der Waals surface area contributed by atoms with Gasteiger partial charge in [-0.3, -0.25) is 0 Å². The van der Waals surface area contributed by atoms with Crippen LogP contribution in [0.15, 0.2) is 5.38 Å². The van der Waals surface area contributed by atoms with Crippen LogP contribution in [-0.2, 0) is 11.8 Å². The highest BCUT2D eigenvalue weighted by molar-refractivity contribution is 7.09. The summed E-state index contributed by atoms with van der Waals surface area (Å²) in [5.74, 6) is 1.57. The van der Waals surface area contributed by atoms with Gasteiger partial charge in [0.05, 0.1) is 10.7 Å². The Morgan fingerprint density at radius 3 is 2.62 bits per heavy atom.